The van der Waals surface area contributed by atoms with Gasteiger partial charge >= 0.3 is 5.97 Å². The van der Waals surface area contributed by atoms with E-state index >= 15 is 0 Å². The second-order valence-corrected chi connectivity index (χ2v) is 3.45. The van der Waals surface area contributed by atoms with Crippen molar-refractivity contribution < 1.29 is 9.53 Å². The summed E-state index contributed by atoms with van der Waals surface area (Å²) in [5.41, 5.74) is 3.40. The summed E-state index contributed by atoms with van der Waals surface area (Å²) in [6, 6.07) is 6.14. The molecule has 0 aliphatic rings. The van der Waals surface area contributed by atoms with Crippen molar-refractivity contribution in [2.75, 3.05) is 6.61 Å². The number of esters is 1. The summed E-state index contributed by atoms with van der Waals surface area (Å²) in [6.45, 7) is 6.25. The molecule has 1 aromatic carbocycles. The lowest BCUT2D eigenvalue weighted by atomic mass is 10.1. The lowest BCUT2D eigenvalue weighted by Gasteiger charge is -2.01. The summed E-state index contributed by atoms with van der Waals surface area (Å²) in [4.78, 5) is 11.1. The molecule has 1 aromatic rings. The van der Waals surface area contributed by atoms with Gasteiger partial charge in [-0.05, 0) is 38.0 Å². The van der Waals surface area contributed by atoms with E-state index < -0.39 is 0 Å². The Bertz CT molecular complexity index is 378. The first-order chi connectivity index (χ1) is 7.13. The zero-order valence-corrected chi connectivity index (χ0v) is 9.41. The van der Waals surface area contributed by atoms with Crippen LogP contribution in [0.5, 0.6) is 0 Å². The van der Waals surface area contributed by atoms with E-state index in [1.165, 1.54) is 11.6 Å². The summed E-state index contributed by atoms with van der Waals surface area (Å²) in [7, 11) is 0. The Hall–Kier alpha value is -1.57. The first-order valence-corrected chi connectivity index (χ1v) is 5.05. The molecule has 0 saturated heterocycles. The SMILES string of the molecule is CCOC(=O)/C=C\c1cc(C)ccc1C. The smallest absolute Gasteiger partial charge is 0.330 e. The quantitative estimate of drug-likeness (QED) is 0.559. The standard InChI is InChI=1S/C13H16O2/c1-4-15-13(14)8-7-12-9-10(2)5-6-11(12)3/h5-9H,4H2,1-3H3/b8-7-. The minimum Gasteiger partial charge on any atom is -0.463 e. The van der Waals surface area contributed by atoms with Crippen molar-refractivity contribution in [1.29, 1.82) is 0 Å². The van der Waals surface area contributed by atoms with Gasteiger partial charge in [0.1, 0.15) is 0 Å². The molecule has 0 unspecified atom stereocenters. The second kappa shape index (κ2) is 5.35. The van der Waals surface area contributed by atoms with Gasteiger partial charge in [-0.1, -0.05) is 23.8 Å². The van der Waals surface area contributed by atoms with Gasteiger partial charge in [0.25, 0.3) is 0 Å². The molecular formula is C13H16O2. The van der Waals surface area contributed by atoms with Crippen LogP contribution in [0.4, 0.5) is 0 Å². The molecule has 2 nitrogen and oxygen atoms in total. The van der Waals surface area contributed by atoms with E-state index in [0.29, 0.717) is 6.61 Å². The fourth-order valence-electron chi connectivity index (χ4n) is 1.29. The van der Waals surface area contributed by atoms with Crippen molar-refractivity contribution >= 4 is 12.0 Å². The number of carbonyl (C=O) groups excluding carboxylic acids is 1. The van der Waals surface area contributed by atoms with Crippen LogP contribution in [0, 0.1) is 13.8 Å². The lowest BCUT2D eigenvalue weighted by Crippen LogP contribution is -1.98. The predicted octanol–water partition coefficient (Wildman–Crippen LogP) is 2.88. The number of hydrogen-bond donors (Lipinski definition) is 0. The van der Waals surface area contributed by atoms with Crippen molar-refractivity contribution in [2.24, 2.45) is 0 Å². The molecule has 0 aliphatic carbocycles. The van der Waals surface area contributed by atoms with Crippen molar-refractivity contribution in [2.45, 2.75) is 20.8 Å². The van der Waals surface area contributed by atoms with Gasteiger partial charge in [-0.2, -0.15) is 0 Å². The molecule has 80 valence electrons. The Morgan fingerprint density at radius 3 is 2.80 bits per heavy atom. The summed E-state index contributed by atoms with van der Waals surface area (Å²) in [5, 5.41) is 0. The lowest BCUT2D eigenvalue weighted by molar-refractivity contribution is -0.137. The number of ether oxygens (including phenoxy) is 1. The van der Waals surface area contributed by atoms with Crippen molar-refractivity contribution in [1.82, 2.24) is 0 Å². The van der Waals surface area contributed by atoms with E-state index in [0.717, 1.165) is 11.1 Å². The van der Waals surface area contributed by atoms with Gasteiger partial charge < -0.3 is 4.74 Å². The molecule has 0 amide bonds. The summed E-state index contributed by atoms with van der Waals surface area (Å²) >= 11 is 0. The number of rotatable bonds is 3. The highest BCUT2D eigenvalue weighted by Crippen LogP contribution is 2.12. The average Bonchev–Trinajstić information content (AvgIpc) is 2.20. The minimum absolute atomic E-state index is 0.293. The predicted molar refractivity (Wildman–Crippen MR) is 61.6 cm³/mol. The average molecular weight is 204 g/mol. The highest BCUT2D eigenvalue weighted by molar-refractivity contribution is 5.87. The monoisotopic (exact) mass is 204 g/mol. The molecule has 2 heteroatoms. The third kappa shape index (κ3) is 3.58. The highest BCUT2D eigenvalue weighted by Gasteiger charge is 1.97. The fraction of sp³-hybridized carbons (Fsp3) is 0.308. The Labute approximate surface area is 90.6 Å². The van der Waals surface area contributed by atoms with Gasteiger partial charge in [-0.25, -0.2) is 4.79 Å². The van der Waals surface area contributed by atoms with Crippen LogP contribution in [-0.2, 0) is 9.53 Å². The van der Waals surface area contributed by atoms with Gasteiger partial charge in [-0.15, -0.1) is 0 Å². The van der Waals surface area contributed by atoms with Gasteiger partial charge in [0.2, 0.25) is 0 Å². The summed E-state index contributed by atoms with van der Waals surface area (Å²) < 4.78 is 4.81. The van der Waals surface area contributed by atoms with E-state index in [9.17, 15) is 4.79 Å². The Morgan fingerprint density at radius 2 is 2.13 bits per heavy atom. The van der Waals surface area contributed by atoms with Gasteiger partial charge in [-0.3, -0.25) is 0 Å². The maximum absolute atomic E-state index is 11.1. The van der Waals surface area contributed by atoms with E-state index in [1.54, 1.807) is 13.0 Å². The topological polar surface area (TPSA) is 26.3 Å². The molecule has 0 atom stereocenters. The van der Waals surface area contributed by atoms with Gasteiger partial charge in [0, 0.05) is 6.08 Å². The maximum Gasteiger partial charge on any atom is 0.330 e. The van der Waals surface area contributed by atoms with Gasteiger partial charge in [0.05, 0.1) is 6.61 Å². The summed E-state index contributed by atoms with van der Waals surface area (Å²) in [5.74, 6) is -0.293. The maximum atomic E-state index is 11.1. The fourth-order valence-corrected chi connectivity index (χ4v) is 1.29. The van der Waals surface area contributed by atoms with Crippen LogP contribution in [0.1, 0.15) is 23.6 Å². The number of aryl methyl sites for hydroxylation is 2. The van der Waals surface area contributed by atoms with Crippen molar-refractivity contribution in [3.05, 3.63) is 41.0 Å². The third-order valence-electron chi connectivity index (χ3n) is 2.12. The molecule has 0 saturated carbocycles. The summed E-state index contributed by atoms with van der Waals surface area (Å²) in [6.07, 6.45) is 3.26. The van der Waals surface area contributed by atoms with E-state index in [4.69, 9.17) is 4.74 Å². The van der Waals surface area contributed by atoms with Gasteiger partial charge in [0.15, 0.2) is 0 Å². The Balaban J connectivity index is 2.79. The molecule has 15 heavy (non-hydrogen) atoms. The van der Waals surface area contributed by atoms with Crippen LogP contribution >= 0.6 is 0 Å². The molecule has 0 aliphatic heterocycles. The second-order valence-electron chi connectivity index (χ2n) is 3.45. The van der Waals surface area contributed by atoms with Crippen LogP contribution < -0.4 is 0 Å². The first kappa shape index (κ1) is 11.5. The van der Waals surface area contributed by atoms with E-state index in [1.807, 2.05) is 26.0 Å². The number of benzene rings is 1. The number of hydrogen-bond acceptors (Lipinski definition) is 2. The Morgan fingerprint density at radius 1 is 1.40 bits per heavy atom. The zero-order chi connectivity index (χ0) is 11.3. The third-order valence-corrected chi connectivity index (χ3v) is 2.12. The Kier molecular flexibility index (Phi) is 4.10. The normalized spacial score (nSPS) is 10.6. The molecule has 0 bridgehead atoms. The van der Waals surface area contributed by atoms with Crippen LogP contribution in [0.25, 0.3) is 6.08 Å². The van der Waals surface area contributed by atoms with Crippen LogP contribution in [0.3, 0.4) is 0 Å². The molecule has 0 N–H and O–H groups in total. The molecule has 0 fully saturated rings. The van der Waals surface area contributed by atoms with E-state index in [2.05, 4.69) is 6.07 Å². The van der Waals surface area contributed by atoms with Crippen molar-refractivity contribution in [3.63, 3.8) is 0 Å². The van der Waals surface area contributed by atoms with E-state index in [-0.39, 0.29) is 5.97 Å². The number of carbonyl (C=O) groups is 1. The van der Waals surface area contributed by atoms with Crippen LogP contribution in [-0.4, -0.2) is 12.6 Å². The molecule has 1 rings (SSSR count). The minimum atomic E-state index is -0.293. The highest BCUT2D eigenvalue weighted by atomic mass is 16.5. The molecule has 0 aromatic heterocycles. The largest absolute Gasteiger partial charge is 0.463 e. The van der Waals surface area contributed by atoms with Crippen LogP contribution in [0.2, 0.25) is 0 Å². The molecule has 0 spiro atoms. The molecular weight excluding hydrogens is 188 g/mol. The first-order valence-electron chi connectivity index (χ1n) is 5.05. The van der Waals surface area contributed by atoms with Crippen LogP contribution in [0.15, 0.2) is 24.3 Å². The molecule has 0 heterocycles. The van der Waals surface area contributed by atoms with Crippen molar-refractivity contribution in [3.8, 4) is 0 Å². The zero-order valence-electron chi connectivity index (χ0n) is 9.41. The molecule has 0 radical (unpaired) electrons.